The van der Waals surface area contributed by atoms with Crippen LogP contribution in [0.1, 0.15) is 44.7 Å². The van der Waals surface area contributed by atoms with Crippen molar-refractivity contribution in [2.75, 3.05) is 20.1 Å². The van der Waals surface area contributed by atoms with E-state index in [9.17, 15) is 4.39 Å². The molecule has 1 saturated heterocycles. The molecule has 2 atom stereocenters. The van der Waals surface area contributed by atoms with E-state index >= 15 is 0 Å². The number of nitrogens with one attached hydrogen (secondary N) is 1. The Labute approximate surface area is 122 Å². The van der Waals surface area contributed by atoms with Gasteiger partial charge in [-0.05, 0) is 50.0 Å². The second kappa shape index (κ2) is 7.19. The second-order valence-electron chi connectivity index (χ2n) is 6.31. The number of likely N-dealkylation sites (N-methyl/N-ethyl adjacent to an activating group) is 1. The molecular formula is C17H27FN2. The molecule has 112 valence electrons. The van der Waals surface area contributed by atoms with Crippen LogP contribution in [0.5, 0.6) is 0 Å². The summed E-state index contributed by atoms with van der Waals surface area (Å²) >= 11 is 0. The molecule has 1 fully saturated rings. The zero-order valence-corrected chi connectivity index (χ0v) is 12.9. The lowest BCUT2D eigenvalue weighted by molar-refractivity contribution is 0.174. The average molecular weight is 278 g/mol. The SMILES string of the molecule is CC(C)C(NCC1CCCCN1C)c1ccc(F)cc1. The van der Waals surface area contributed by atoms with Crippen molar-refractivity contribution in [1.29, 1.82) is 0 Å². The topological polar surface area (TPSA) is 15.3 Å². The van der Waals surface area contributed by atoms with Crippen LogP contribution in [0, 0.1) is 11.7 Å². The van der Waals surface area contributed by atoms with Gasteiger partial charge in [-0.1, -0.05) is 32.4 Å². The number of piperidine rings is 1. The zero-order valence-electron chi connectivity index (χ0n) is 12.9. The Morgan fingerprint density at radius 3 is 2.55 bits per heavy atom. The minimum atomic E-state index is -0.164. The summed E-state index contributed by atoms with van der Waals surface area (Å²) in [6.07, 6.45) is 3.93. The fourth-order valence-electron chi connectivity index (χ4n) is 3.07. The molecule has 3 heteroatoms. The fraction of sp³-hybridized carbons (Fsp3) is 0.647. The number of halogens is 1. The van der Waals surface area contributed by atoms with Gasteiger partial charge in [-0.3, -0.25) is 0 Å². The molecule has 1 aromatic carbocycles. The van der Waals surface area contributed by atoms with Crippen molar-refractivity contribution in [3.63, 3.8) is 0 Å². The molecule has 1 N–H and O–H groups in total. The van der Waals surface area contributed by atoms with Gasteiger partial charge in [0.25, 0.3) is 0 Å². The van der Waals surface area contributed by atoms with Gasteiger partial charge >= 0.3 is 0 Å². The lowest BCUT2D eigenvalue weighted by Gasteiger charge is -2.34. The van der Waals surface area contributed by atoms with Crippen LogP contribution in [0.25, 0.3) is 0 Å². The number of hydrogen-bond acceptors (Lipinski definition) is 2. The van der Waals surface area contributed by atoms with Gasteiger partial charge in [0.1, 0.15) is 5.82 Å². The molecule has 0 spiro atoms. The monoisotopic (exact) mass is 278 g/mol. The molecular weight excluding hydrogens is 251 g/mol. The molecule has 0 bridgehead atoms. The van der Waals surface area contributed by atoms with Crippen LogP contribution in [-0.4, -0.2) is 31.1 Å². The summed E-state index contributed by atoms with van der Waals surface area (Å²) in [4.78, 5) is 2.46. The molecule has 1 aliphatic heterocycles. The van der Waals surface area contributed by atoms with Crippen molar-refractivity contribution < 1.29 is 4.39 Å². The first-order chi connectivity index (χ1) is 9.58. The van der Waals surface area contributed by atoms with Gasteiger partial charge in [-0.15, -0.1) is 0 Å². The molecule has 20 heavy (non-hydrogen) atoms. The van der Waals surface area contributed by atoms with E-state index in [1.54, 1.807) is 12.1 Å². The molecule has 1 aliphatic rings. The van der Waals surface area contributed by atoms with Gasteiger partial charge in [-0.2, -0.15) is 0 Å². The van der Waals surface area contributed by atoms with Crippen LogP contribution in [0.15, 0.2) is 24.3 Å². The van der Waals surface area contributed by atoms with Gasteiger partial charge in [-0.25, -0.2) is 4.39 Å². The van der Waals surface area contributed by atoms with Crippen molar-refractivity contribution in [2.24, 2.45) is 5.92 Å². The quantitative estimate of drug-likeness (QED) is 0.885. The Kier molecular flexibility index (Phi) is 5.55. The predicted molar refractivity (Wildman–Crippen MR) is 82.3 cm³/mol. The van der Waals surface area contributed by atoms with Crippen molar-refractivity contribution in [3.8, 4) is 0 Å². The molecule has 2 rings (SSSR count). The maximum atomic E-state index is 13.1. The summed E-state index contributed by atoms with van der Waals surface area (Å²) < 4.78 is 13.1. The largest absolute Gasteiger partial charge is 0.308 e. The van der Waals surface area contributed by atoms with Crippen molar-refractivity contribution in [2.45, 2.75) is 45.2 Å². The van der Waals surface area contributed by atoms with E-state index in [-0.39, 0.29) is 5.82 Å². The highest BCUT2D eigenvalue weighted by molar-refractivity contribution is 5.20. The summed E-state index contributed by atoms with van der Waals surface area (Å²) in [5, 5.41) is 3.69. The lowest BCUT2D eigenvalue weighted by atomic mass is 9.95. The van der Waals surface area contributed by atoms with E-state index in [1.165, 1.54) is 31.4 Å². The highest BCUT2D eigenvalue weighted by Gasteiger charge is 2.21. The number of benzene rings is 1. The Balaban J connectivity index is 1.97. The van der Waals surface area contributed by atoms with E-state index in [0.717, 1.165) is 6.54 Å². The van der Waals surface area contributed by atoms with Crippen molar-refractivity contribution in [3.05, 3.63) is 35.6 Å². The lowest BCUT2D eigenvalue weighted by Crippen LogP contribution is -2.44. The van der Waals surface area contributed by atoms with Crippen molar-refractivity contribution in [1.82, 2.24) is 10.2 Å². The van der Waals surface area contributed by atoms with Crippen LogP contribution in [0.3, 0.4) is 0 Å². The first-order valence-electron chi connectivity index (χ1n) is 7.77. The minimum Gasteiger partial charge on any atom is -0.308 e. The van der Waals surface area contributed by atoms with E-state index in [4.69, 9.17) is 0 Å². The number of hydrogen-bond donors (Lipinski definition) is 1. The Morgan fingerprint density at radius 2 is 1.95 bits per heavy atom. The molecule has 2 nitrogen and oxygen atoms in total. The molecule has 1 aromatic rings. The van der Waals surface area contributed by atoms with Gasteiger partial charge in [0.05, 0.1) is 0 Å². The predicted octanol–water partition coefficient (Wildman–Crippen LogP) is 3.60. The molecule has 2 unspecified atom stereocenters. The first kappa shape index (κ1) is 15.5. The summed E-state index contributed by atoms with van der Waals surface area (Å²) in [6.45, 7) is 6.64. The summed E-state index contributed by atoms with van der Waals surface area (Å²) in [7, 11) is 2.22. The third kappa shape index (κ3) is 4.03. The molecule has 0 amide bonds. The standard InChI is InChI=1S/C17H27FN2/c1-13(2)17(14-7-9-15(18)10-8-14)19-12-16-6-4-5-11-20(16)3/h7-10,13,16-17,19H,4-6,11-12H2,1-3H3. The zero-order chi connectivity index (χ0) is 14.5. The second-order valence-corrected chi connectivity index (χ2v) is 6.31. The molecule has 0 aliphatic carbocycles. The molecule has 0 radical (unpaired) electrons. The van der Waals surface area contributed by atoms with Crippen LogP contribution >= 0.6 is 0 Å². The Bertz CT molecular complexity index is 402. The third-order valence-corrected chi connectivity index (χ3v) is 4.39. The van der Waals surface area contributed by atoms with E-state index in [2.05, 4.69) is 31.1 Å². The van der Waals surface area contributed by atoms with Gasteiger partial charge in [0, 0.05) is 18.6 Å². The number of likely N-dealkylation sites (tertiary alicyclic amines) is 1. The van der Waals surface area contributed by atoms with Crippen molar-refractivity contribution >= 4 is 0 Å². The minimum absolute atomic E-state index is 0.164. The Hall–Kier alpha value is -0.930. The van der Waals surface area contributed by atoms with Crippen LogP contribution in [0.2, 0.25) is 0 Å². The average Bonchev–Trinajstić information content (AvgIpc) is 2.42. The third-order valence-electron chi connectivity index (χ3n) is 4.39. The highest BCUT2D eigenvalue weighted by atomic mass is 19.1. The number of nitrogens with zero attached hydrogens (tertiary/aromatic N) is 1. The first-order valence-corrected chi connectivity index (χ1v) is 7.77. The molecule has 0 aromatic heterocycles. The number of rotatable bonds is 5. The van der Waals surface area contributed by atoms with E-state index in [1.807, 2.05) is 12.1 Å². The van der Waals surface area contributed by atoms with Crippen LogP contribution in [-0.2, 0) is 0 Å². The molecule has 0 saturated carbocycles. The maximum absolute atomic E-state index is 13.1. The summed E-state index contributed by atoms with van der Waals surface area (Å²) in [5.74, 6) is 0.331. The van der Waals surface area contributed by atoms with Gasteiger partial charge in [0.2, 0.25) is 0 Å². The highest BCUT2D eigenvalue weighted by Crippen LogP contribution is 2.23. The summed E-state index contributed by atoms with van der Waals surface area (Å²) in [5.41, 5.74) is 1.18. The van der Waals surface area contributed by atoms with Crippen LogP contribution < -0.4 is 5.32 Å². The fourth-order valence-corrected chi connectivity index (χ4v) is 3.07. The normalized spacial score (nSPS) is 22.1. The smallest absolute Gasteiger partial charge is 0.123 e. The molecule has 1 heterocycles. The van der Waals surface area contributed by atoms with E-state index < -0.39 is 0 Å². The van der Waals surface area contributed by atoms with E-state index in [0.29, 0.717) is 18.0 Å². The van der Waals surface area contributed by atoms with Gasteiger partial charge < -0.3 is 10.2 Å². The summed E-state index contributed by atoms with van der Waals surface area (Å²) in [6, 6.07) is 7.84. The Morgan fingerprint density at radius 1 is 1.25 bits per heavy atom. The maximum Gasteiger partial charge on any atom is 0.123 e. The van der Waals surface area contributed by atoms with Gasteiger partial charge in [0.15, 0.2) is 0 Å². The van der Waals surface area contributed by atoms with Crippen LogP contribution in [0.4, 0.5) is 4.39 Å².